The summed E-state index contributed by atoms with van der Waals surface area (Å²) in [5, 5.41) is 0. The van der Waals surface area contributed by atoms with Crippen LogP contribution in [-0.2, 0) is 4.74 Å². The van der Waals surface area contributed by atoms with Gasteiger partial charge in [0.25, 0.3) is 0 Å². The normalized spacial score (nSPS) is 18.5. The average molecular weight is 284 g/mol. The van der Waals surface area contributed by atoms with E-state index in [2.05, 4.69) is 34.8 Å². The van der Waals surface area contributed by atoms with E-state index in [0.29, 0.717) is 11.5 Å². The molecule has 0 saturated carbocycles. The Morgan fingerprint density at radius 2 is 2.25 bits per heavy atom. The molecule has 0 saturated heterocycles. The van der Waals surface area contributed by atoms with E-state index in [9.17, 15) is 4.79 Å². The van der Waals surface area contributed by atoms with Gasteiger partial charge in [0.15, 0.2) is 0 Å². The zero-order valence-electron chi connectivity index (χ0n) is 9.58. The highest BCUT2D eigenvalue weighted by atomic mass is 79.9. The predicted molar refractivity (Wildman–Crippen MR) is 67.2 cm³/mol. The van der Waals surface area contributed by atoms with E-state index in [1.54, 1.807) is 0 Å². The molecule has 0 spiro atoms. The largest absolute Gasteiger partial charge is 0.465 e. The van der Waals surface area contributed by atoms with E-state index in [0.717, 1.165) is 11.0 Å². The first-order valence-electron chi connectivity index (χ1n) is 5.17. The molecule has 0 radical (unpaired) electrons. The molecule has 1 aromatic carbocycles. The lowest BCUT2D eigenvalue weighted by atomic mass is 10.0. The fraction of sp³-hybridized carbons (Fsp3) is 0.417. The second-order valence-electron chi connectivity index (χ2n) is 4.17. The van der Waals surface area contributed by atoms with Crippen molar-refractivity contribution in [3.8, 4) is 0 Å². The predicted octanol–water partition coefficient (Wildman–Crippen LogP) is 2.79. The third-order valence-electron chi connectivity index (χ3n) is 2.97. The summed E-state index contributed by atoms with van der Waals surface area (Å²) in [7, 11) is 3.46. The summed E-state index contributed by atoms with van der Waals surface area (Å²) in [5.41, 5.74) is 2.99. The maximum absolute atomic E-state index is 11.5. The highest BCUT2D eigenvalue weighted by Gasteiger charge is 2.26. The number of ether oxygens (including phenoxy) is 1. The number of halogens is 1. The number of hydrogen-bond acceptors (Lipinski definition) is 3. The van der Waals surface area contributed by atoms with Gasteiger partial charge in [-0.1, -0.05) is 6.92 Å². The Morgan fingerprint density at radius 3 is 2.88 bits per heavy atom. The molecule has 86 valence electrons. The van der Waals surface area contributed by atoms with Crippen molar-refractivity contribution in [3.63, 3.8) is 0 Å². The van der Waals surface area contributed by atoms with Gasteiger partial charge < -0.3 is 9.64 Å². The number of fused-ring (bicyclic) bond motifs is 1. The number of benzene rings is 1. The number of nitrogens with zero attached hydrogens (tertiary/aromatic N) is 1. The molecule has 1 atom stereocenters. The highest BCUT2D eigenvalue weighted by Crippen LogP contribution is 2.41. The monoisotopic (exact) mass is 283 g/mol. The van der Waals surface area contributed by atoms with Crippen LogP contribution in [0.3, 0.4) is 0 Å². The Bertz CT molecular complexity index is 445. The van der Waals surface area contributed by atoms with Gasteiger partial charge in [-0.3, -0.25) is 0 Å². The zero-order valence-corrected chi connectivity index (χ0v) is 11.2. The number of carbonyl (C=O) groups excluding carboxylic acids is 1. The van der Waals surface area contributed by atoms with Crippen LogP contribution in [0.1, 0.15) is 28.8 Å². The number of rotatable bonds is 1. The minimum atomic E-state index is -0.287. The van der Waals surface area contributed by atoms with Crippen LogP contribution in [0, 0.1) is 0 Å². The number of carbonyl (C=O) groups is 1. The topological polar surface area (TPSA) is 29.5 Å². The number of anilines is 1. The fourth-order valence-corrected chi connectivity index (χ4v) is 3.01. The van der Waals surface area contributed by atoms with E-state index in [4.69, 9.17) is 4.74 Å². The molecular weight excluding hydrogens is 270 g/mol. The molecule has 1 aliphatic heterocycles. The molecule has 16 heavy (non-hydrogen) atoms. The lowest BCUT2D eigenvalue weighted by molar-refractivity contribution is 0.0600. The van der Waals surface area contributed by atoms with Gasteiger partial charge in [-0.2, -0.15) is 0 Å². The van der Waals surface area contributed by atoms with E-state index in [1.165, 1.54) is 18.4 Å². The molecule has 0 aliphatic carbocycles. The summed E-state index contributed by atoms with van der Waals surface area (Å²) in [4.78, 5) is 13.7. The molecule has 0 N–H and O–H groups in total. The van der Waals surface area contributed by atoms with Crippen LogP contribution < -0.4 is 4.90 Å². The van der Waals surface area contributed by atoms with Gasteiger partial charge >= 0.3 is 5.97 Å². The van der Waals surface area contributed by atoms with Crippen molar-refractivity contribution in [1.29, 1.82) is 0 Å². The summed E-state index contributed by atoms with van der Waals surface area (Å²) in [6.07, 6.45) is 0. The van der Waals surface area contributed by atoms with Crippen molar-refractivity contribution in [2.24, 2.45) is 0 Å². The van der Waals surface area contributed by atoms with Crippen molar-refractivity contribution in [1.82, 2.24) is 0 Å². The third kappa shape index (κ3) is 1.71. The van der Waals surface area contributed by atoms with Gasteiger partial charge in [0, 0.05) is 24.0 Å². The maximum Gasteiger partial charge on any atom is 0.337 e. The number of methoxy groups -OCH3 is 1. The highest BCUT2D eigenvalue weighted by molar-refractivity contribution is 9.10. The lowest BCUT2D eigenvalue weighted by Gasteiger charge is -2.14. The summed E-state index contributed by atoms with van der Waals surface area (Å²) >= 11 is 3.51. The molecule has 1 aromatic rings. The summed E-state index contributed by atoms with van der Waals surface area (Å²) < 4.78 is 5.70. The van der Waals surface area contributed by atoms with Crippen LogP contribution in [0.4, 0.5) is 5.69 Å². The molecule has 1 unspecified atom stereocenters. The zero-order chi connectivity index (χ0) is 11.9. The SMILES string of the molecule is COC(=O)c1cc(Br)c2c(c1)C(C)CN2C. The van der Waals surface area contributed by atoms with E-state index in [-0.39, 0.29) is 5.97 Å². The standard InChI is InChI=1S/C12H14BrNO2/c1-7-6-14(2)11-9(7)4-8(5-10(11)13)12(15)16-3/h4-5,7H,6H2,1-3H3. The molecule has 4 heteroatoms. The van der Waals surface area contributed by atoms with Crippen molar-refractivity contribution in [3.05, 3.63) is 27.7 Å². The smallest absolute Gasteiger partial charge is 0.337 e. The molecule has 2 rings (SSSR count). The second kappa shape index (κ2) is 4.09. The molecule has 1 heterocycles. The van der Waals surface area contributed by atoms with Gasteiger partial charge in [-0.05, 0) is 33.6 Å². The van der Waals surface area contributed by atoms with Crippen LogP contribution in [0.25, 0.3) is 0 Å². The maximum atomic E-state index is 11.5. The van der Waals surface area contributed by atoms with Gasteiger partial charge in [-0.15, -0.1) is 0 Å². The van der Waals surface area contributed by atoms with Crippen LogP contribution in [0.5, 0.6) is 0 Å². The second-order valence-corrected chi connectivity index (χ2v) is 5.02. The molecule has 0 aromatic heterocycles. The van der Waals surface area contributed by atoms with Crippen LogP contribution >= 0.6 is 15.9 Å². The minimum absolute atomic E-state index is 0.287. The quantitative estimate of drug-likeness (QED) is 0.743. The van der Waals surface area contributed by atoms with E-state index in [1.807, 2.05) is 12.1 Å². The molecule has 0 amide bonds. The Kier molecular flexibility index (Phi) is 2.93. The Hall–Kier alpha value is -1.03. The first kappa shape index (κ1) is 11.5. The third-order valence-corrected chi connectivity index (χ3v) is 3.58. The van der Waals surface area contributed by atoms with E-state index >= 15 is 0 Å². The van der Waals surface area contributed by atoms with Crippen molar-refractivity contribution >= 4 is 27.6 Å². The van der Waals surface area contributed by atoms with Gasteiger partial charge in [0.2, 0.25) is 0 Å². The summed E-state index contributed by atoms with van der Waals surface area (Å²) in [5.74, 6) is 0.158. The lowest BCUT2D eigenvalue weighted by Crippen LogP contribution is -2.14. The fourth-order valence-electron chi connectivity index (χ4n) is 2.23. The molecule has 0 fully saturated rings. The summed E-state index contributed by atoms with van der Waals surface area (Å²) in [6.45, 7) is 3.15. The van der Waals surface area contributed by atoms with E-state index < -0.39 is 0 Å². The van der Waals surface area contributed by atoms with Crippen molar-refractivity contribution < 1.29 is 9.53 Å². The molecule has 3 nitrogen and oxygen atoms in total. The first-order chi connectivity index (χ1) is 7.54. The number of hydrogen-bond donors (Lipinski definition) is 0. The van der Waals surface area contributed by atoms with Gasteiger partial charge in [0.1, 0.15) is 0 Å². The molecule has 0 bridgehead atoms. The molecular formula is C12H14BrNO2. The van der Waals surface area contributed by atoms with Crippen LogP contribution in [0.15, 0.2) is 16.6 Å². The summed E-state index contributed by atoms with van der Waals surface area (Å²) in [6, 6.07) is 3.75. The average Bonchev–Trinajstić information content (AvgIpc) is 2.53. The van der Waals surface area contributed by atoms with Crippen molar-refractivity contribution in [2.75, 3.05) is 25.6 Å². The van der Waals surface area contributed by atoms with Gasteiger partial charge in [0.05, 0.1) is 18.4 Å². The minimum Gasteiger partial charge on any atom is -0.465 e. The molecule has 1 aliphatic rings. The number of likely N-dealkylation sites (N-methyl/N-ethyl adjacent to an activating group) is 1. The van der Waals surface area contributed by atoms with Crippen molar-refractivity contribution in [2.45, 2.75) is 12.8 Å². The Balaban J connectivity index is 2.54. The van der Waals surface area contributed by atoms with Crippen LogP contribution in [0.2, 0.25) is 0 Å². The first-order valence-corrected chi connectivity index (χ1v) is 5.96. The number of esters is 1. The van der Waals surface area contributed by atoms with Crippen LogP contribution in [-0.4, -0.2) is 26.7 Å². The Morgan fingerprint density at radius 1 is 1.56 bits per heavy atom. The Labute approximate surface area is 104 Å². The van der Waals surface area contributed by atoms with Gasteiger partial charge in [-0.25, -0.2) is 4.79 Å².